The fourth-order valence-corrected chi connectivity index (χ4v) is 0.475. The Morgan fingerprint density at radius 3 is 1.22 bits per heavy atom. The third kappa shape index (κ3) is 12.5. The predicted molar refractivity (Wildman–Crippen MR) is 73.8 cm³/mol. The van der Waals surface area contributed by atoms with E-state index in [0.29, 0.717) is 0 Å². The molecule has 0 fully saturated rings. The van der Waals surface area contributed by atoms with E-state index in [1.54, 1.807) is 0 Å². The maximum atomic E-state index is 5.13. The maximum Gasteiger partial charge on any atom is 0.0828 e. The fraction of sp³-hybridized carbons (Fsp3) is 0.0588. The second kappa shape index (κ2) is 13.5. The molecule has 0 aliphatic heterocycles. The summed E-state index contributed by atoms with van der Waals surface area (Å²) in [5, 5.41) is 0. The minimum Gasteiger partial charge on any atom is -0.106 e. The van der Waals surface area contributed by atoms with E-state index in [4.69, 9.17) is 14.3 Å². The molecule has 0 aliphatic rings. The lowest BCUT2D eigenvalue weighted by atomic mass is 10.1. The average molecular weight is 218 g/mol. The first-order valence-electron chi connectivity index (χ1n) is 4.55. The molecule has 2 radical (unpaired) electrons. The van der Waals surface area contributed by atoms with Crippen LogP contribution in [0.15, 0.2) is 0 Å². The molecule has 0 heterocycles. The minimum atomic E-state index is 0.282. The predicted octanol–water partition coefficient (Wildman–Crippen LogP) is 0.230. The zero-order chi connectivity index (χ0) is 13.3. The van der Waals surface area contributed by atoms with Crippen molar-refractivity contribution in [2.75, 3.05) is 0 Å². The van der Waals surface area contributed by atoms with Crippen LogP contribution in [0.25, 0.3) is 0 Å². The maximum absolute atomic E-state index is 5.13. The van der Waals surface area contributed by atoms with Crippen LogP contribution in [0.2, 0.25) is 6.32 Å². The van der Waals surface area contributed by atoms with Crippen LogP contribution in [0.3, 0.4) is 0 Å². The summed E-state index contributed by atoms with van der Waals surface area (Å²) in [5.41, 5.74) is 0. The molecule has 0 aromatic heterocycles. The van der Waals surface area contributed by atoms with Crippen LogP contribution >= 0.6 is 0 Å². The Kier molecular flexibility index (Phi) is 10.9. The Labute approximate surface area is 110 Å². The van der Waals surface area contributed by atoms with Gasteiger partial charge in [-0.05, 0) is 89.2 Å². The van der Waals surface area contributed by atoms with E-state index >= 15 is 0 Å². The topological polar surface area (TPSA) is 0 Å². The van der Waals surface area contributed by atoms with Gasteiger partial charge in [0.2, 0.25) is 0 Å². The number of hydrogen-bond acceptors (Lipinski definition) is 0. The van der Waals surface area contributed by atoms with Crippen LogP contribution in [0.1, 0.15) is 0 Å². The Morgan fingerprint density at radius 2 is 0.889 bits per heavy atom. The van der Waals surface area contributed by atoms with Gasteiger partial charge in [-0.3, -0.25) is 0 Å². The molecule has 0 spiro atoms. The van der Waals surface area contributed by atoms with Crippen LogP contribution in [-0.2, 0) is 0 Å². The van der Waals surface area contributed by atoms with Crippen LogP contribution in [0.4, 0.5) is 0 Å². The molecule has 0 saturated heterocycles. The molecule has 0 nitrogen and oxygen atoms in total. The fourth-order valence-electron chi connectivity index (χ4n) is 0.475. The van der Waals surface area contributed by atoms with Crippen molar-refractivity contribution >= 4 is 7.85 Å². The largest absolute Gasteiger partial charge is 0.106 e. The Hall–Kier alpha value is -3.46. The first-order valence-corrected chi connectivity index (χ1v) is 4.55. The van der Waals surface area contributed by atoms with E-state index in [1.807, 2.05) is 0 Å². The number of hydrogen-bond donors (Lipinski definition) is 0. The van der Waals surface area contributed by atoms with Gasteiger partial charge in [-0.15, -0.1) is 6.42 Å². The first-order chi connectivity index (χ1) is 8.91. The van der Waals surface area contributed by atoms with Crippen molar-refractivity contribution < 1.29 is 0 Å². The van der Waals surface area contributed by atoms with Crippen molar-refractivity contribution in [1.29, 1.82) is 0 Å². The molecule has 0 aromatic carbocycles. The van der Waals surface area contributed by atoms with Gasteiger partial charge in [0.1, 0.15) is 0 Å². The van der Waals surface area contributed by atoms with E-state index in [9.17, 15) is 0 Å². The monoisotopic (exact) mass is 218 g/mol. The molecule has 0 bridgehead atoms. The van der Waals surface area contributed by atoms with Gasteiger partial charge in [-0.1, -0.05) is 5.92 Å². The minimum absolute atomic E-state index is 0.282. The summed E-state index contributed by atoms with van der Waals surface area (Å²) in [6, 6.07) is 0. The second-order valence-electron chi connectivity index (χ2n) is 2.15. The van der Waals surface area contributed by atoms with Crippen molar-refractivity contribution in [3.63, 3.8) is 0 Å². The van der Waals surface area contributed by atoms with E-state index in [-0.39, 0.29) is 6.32 Å². The zero-order valence-electron chi connectivity index (χ0n) is 9.36. The number of rotatable bonds is 0. The quantitative estimate of drug-likeness (QED) is 0.403. The molecule has 74 valence electrons. The summed E-state index contributed by atoms with van der Waals surface area (Å²) in [6.07, 6.45) is 5.17. The molecular formula is C17H3B. The van der Waals surface area contributed by atoms with E-state index in [0.717, 1.165) is 0 Å². The second-order valence-corrected chi connectivity index (χ2v) is 2.15. The lowest BCUT2D eigenvalue weighted by molar-refractivity contribution is 1.88. The Balaban J connectivity index is 4.25. The van der Waals surface area contributed by atoms with Gasteiger partial charge in [-0.25, -0.2) is 0 Å². The van der Waals surface area contributed by atoms with Crippen molar-refractivity contribution in [2.24, 2.45) is 0 Å². The van der Waals surface area contributed by atoms with Gasteiger partial charge in [-0.2, -0.15) is 0 Å². The Morgan fingerprint density at radius 1 is 0.556 bits per heavy atom. The molecule has 1 heteroatoms. The summed E-state index contributed by atoms with van der Waals surface area (Å²) in [7, 11) is 5.13. The van der Waals surface area contributed by atoms with Crippen molar-refractivity contribution in [1.82, 2.24) is 0 Å². The van der Waals surface area contributed by atoms with Crippen LogP contribution in [0, 0.1) is 95.2 Å². The average Bonchev–Trinajstić information content (AvgIpc) is 2.39. The molecule has 0 rings (SSSR count). The standard InChI is InChI=1S/C17H3B/c1-2-3-4-5-6-7-8-9-10-11-12-13-14-15-16-17-18/h1H,17H2. The van der Waals surface area contributed by atoms with Gasteiger partial charge in [0, 0.05) is 0 Å². The smallest absolute Gasteiger partial charge is 0.0828 e. The van der Waals surface area contributed by atoms with E-state index < -0.39 is 0 Å². The molecule has 0 aliphatic carbocycles. The SMILES string of the molecule is [B]CC#CC#CC#CC#CC#CC#CC#CC#C. The molecular weight excluding hydrogens is 215 g/mol. The third-order valence-electron chi connectivity index (χ3n) is 1.01. The van der Waals surface area contributed by atoms with E-state index in [1.165, 1.54) is 0 Å². The molecule has 0 atom stereocenters. The van der Waals surface area contributed by atoms with E-state index in [2.05, 4.69) is 88.8 Å². The zero-order valence-corrected chi connectivity index (χ0v) is 9.36. The highest BCUT2D eigenvalue weighted by Gasteiger charge is 1.58. The summed E-state index contributed by atoms with van der Waals surface area (Å²) in [5.74, 6) is 36.7. The first kappa shape index (κ1) is 14.5. The summed E-state index contributed by atoms with van der Waals surface area (Å²) in [6.45, 7) is 0. The third-order valence-corrected chi connectivity index (χ3v) is 1.01. The van der Waals surface area contributed by atoms with Crippen molar-refractivity contribution in [3.8, 4) is 95.2 Å². The van der Waals surface area contributed by atoms with Gasteiger partial charge < -0.3 is 0 Å². The summed E-state index contributed by atoms with van der Waals surface area (Å²) < 4.78 is 0. The highest BCUT2D eigenvalue weighted by Crippen LogP contribution is 1.61. The van der Waals surface area contributed by atoms with Crippen molar-refractivity contribution in [2.45, 2.75) is 6.32 Å². The molecule has 0 saturated carbocycles. The van der Waals surface area contributed by atoms with Crippen LogP contribution in [-0.4, -0.2) is 7.85 Å². The lowest BCUT2D eigenvalue weighted by Gasteiger charge is -1.60. The lowest BCUT2D eigenvalue weighted by Crippen LogP contribution is -1.58. The molecule has 0 amide bonds. The molecule has 0 unspecified atom stereocenters. The molecule has 0 N–H and O–H groups in total. The summed E-state index contributed by atoms with van der Waals surface area (Å²) in [4.78, 5) is 0. The summed E-state index contributed by atoms with van der Waals surface area (Å²) >= 11 is 0. The molecule has 0 aromatic rings. The van der Waals surface area contributed by atoms with Gasteiger partial charge in [0.15, 0.2) is 0 Å². The van der Waals surface area contributed by atoms with Crippen molar-refractivity contribution in [3.05, 3.63) is 0 Å². The van der Waals surface area contributed by atoms with Gasteiger partial charge in [0.25, 0.3) is 0 Å². The van der Waals surface area contributed by atoms with Crippen LogP contribution in [0.5, 0.6) is 0 Å². The highest BCUT2D eigenvalue weighted by atomic mass is 13.6. The molecule has 18 heavy (non-hydrogen) atoms. The normalized spacial score (nSPS) is 4.17. The van der Waals surface area contributed by atoms with Gasteiger partial charge >= 0.3 is 0 Å². The number of terminal acetylenes is 1. The van der Waals surface area contributed by atoms with Crippen LogP contribution < -0.4 is 0 Å². The Bertz CT molecular complexity index is 754. The van der Waals surface area contributed by atoms with Gasteiger partial charge in [0.05, 0.1) is 7.85 Å². The highest BCUT2D eigenvalue weighted by molar-refractivity contribution is 6.10.